The van der Waals surface area contributed by atoms with Crippen LogP contribution in [0.5, 0.6) is 0 Å². The van der Waals surface area contributed by atoms with E-state index in [0.717, 1.165) is 0 Å². The number of esters is 1. The smallest absolute Gasteiger partial charge is 0.356 e. The molecule has 0 bridgehead atoms. The monoisotopic (exact) mass is 193 g/mol. The molecule has 0 amide bonds. The summed E-state index contributed by atoms with van der Waals surface area (Å²) < 4.78 is 6.16. The van der Waals surface area contributed by atoms with Gasteiger partial charge in [0.15, 0.2) is 0 Å². The van der Waals surface area contributed by atoms with Crippen LogP contribution in [0.2, 0.25) is 0 Å². The lowest BCUT2D eigenvalue weighted by Gasteiger charge is -2.07. The summed E-state index contributed by atoms with van der Waals surface area (Å²) in [5.74, 6) is -0.452. The number of rotatable bonds is 3. The zero-order chi connectivity index (χ0) is 10.6. The Kier molecular flexibility index (Phi) is 3.24. The van der Waals surface area contributed by atoms with Crippen LogP contribution in [-0.2, 0) is 4.74 Å². The van der Waals surface area contributed by atoms with Gasteiger partial charge in [0.1, 0.15) is 11.7 Å². The standard InChI is InChI=1S/C9H11N3O2/c1-3-14-9(13)8-4-5-11-12(8)7(2)6-10/h4-5,7H,3H2,1-2H3. The molecule has 0 saturated carbocycles. The van der Waals surface area contributed by atoms with E-state index in [1.807, 2.05) is 6.07 Å². The van der Waals surface area contributed by atoms with Crippen molar-refractivity contribution in [1.82, 2.24) is 9.78 Å². The molecule has 1 rings (SSSR count). The fraction of sp³-hybridized carbons (Fsp3) is 0.444. The van der Waals surface area contributed by atoms with Crippen molar-refractivity contribution in [3.05, 3.63) is 18.0 Å². The lowest BCUT2D eigenvalue weighted by Crippen LogP contribution is -2.15. The molecule has 0 aliphatic heterocycles. The van der Waals surface area contributed by atoms with Crippen molar-refractivity contribution >= 4 is 5.97 Å². The van der Waals surface area contributed by atoms with E-state index in [2.05, 4.69) is 5.10 Å². The van der Waals surface area contributed by atoms with Crippen LogP contribution in [0.3, 0.4) is 0 Å². The third-order valence-electron chi connectivity index (χ3n) is 1.71. The van der Waals surface area contributed by atoms with Gasteiger partial charge in [-0.2, -0.15) is 10.4 Å². The minimum Gasteiger partial charge on any atom is -0.461 e. The number of hydrogen-bond donors (Lipinski definition) is 0. The molecule has 1 aromatic heterocycles. The Balaban J connectivity index is 2.93. The Morgan fingerprint density at radius 2 is 2.57 bits per heavy atom. The van der Waals surface area contributed by atoms with Crippen LogP contribution in [0.4, 0.5) is 0 Å². The second-order valence-corrected chi connectivity index (χ2v) is 2.69. The van der Waals surface area contributed by atoms with Crippen molar-refractivity contribution in [3.8, 4) is 6.07 Å². The van der Waals surface area contributed by atoms with Gasteiger partial charge in [0.25, 0.3) is 0 Å². The zero-order valence-electron chi connectivity index (χ0n) is 8.10. The molecule has 14 heavy (non-hydrogen) atoms. The number of ether oxygens (including phenoxy) is 1. The second-order valence-electron chi connectivity index (χ2n) is 2.69. The van der Waals surface area contributed by atoms with Gasteiger partial charge in [-0.25, -0.2) is 9.48 Å². The lowest BCUT2D eigenvalue weighted by molar-refractivity contribution is 0.0511. The van der Waals surface area contributed by atoms with E-state index in [-0.39, 0.29) is 0 Å². The van der Waals surface area contributed by atoms with Crippen LogP contribution in [0, 0.1) is 11.3 Å². The molecule has 5 heteroatoms. The highest BCUT2D eigenvalue weighted by molar-refractivity contribution is 5.87. The first-order valence-electron chi connectivity index (χ1n) is 4.31. The molecule has 0 saturated heterocycles. The van der Waals surface area contributed by atoms with Crippen LogP contribution in [0.1, 0.15) is 30.4 Å². The molecule has 1 aromatic rings. The van der Waals surface area contributed by atoms with Gasteiger partial charge in [-0.3, -0.25) is 0 Å². The summed E-state index contributed by atoms with van der Waals surface area (Å²) in [4.78, 5) is 11.4. The molecular formula is C9H11N3O2. The van der Waals surface area contributed by atoms with E-state index in [0.29, 0.717) is 12.3 Å². The van der Waals surface area contributed by atoms with Gasteiger partial charge in [0.2, 0.25) is 0 Å². The van der Waals surface area contributed by atoms with Crippen molar-refractivity contribution in [2.45, 2.75) is 19.9 Å². The lowest BCUT2D eigenvalue weighted by atomic mass is 10.3. The fourth-order valence-corrected chi connectivity index (χ4v) is 1.04. The Hall–Kier alpha value is -1.83. The van der Waals surface area contributed by atoms with Crippen molar-refractivity contribution in [3.63, 3.8) is 0 Å². The maximum Gasteiger partial charge on any atom is 0.356 e. The highest BCUT2D eigenvalue weighted by Gasteiger charge is 2.16. The van der Waals surface area contributed by atoms with Crippen molar-refractivity contribution in [2.75, 3.05) is 6.61 Å². The third-order valence-corrected chi connectivity index (χ3v) is 1.71. The molecule has 74 valence electrons. The molecule has 0 aliphatic carbocycles. The number of nitrogens with zero attached hydrogens (tertiary/aromatic N) is 3. The highest BCUT2D eigenvalue weighted by Crippen LogP contribution is 2.08. The Bertz CT molecular complexity index is 364. The normalized spacial score (nSPS) is 11.8. The summed E-state index contributed by atoms with van der Waals surface area (Å²) in [6.07, 6.45) is 1.47. The summed E-state index contributed by atoms with van der Waals surface area (Å²) in [5, 5.41) is 12.6. The molecular weight excluding hydrogens is 182 g/mol. The van der Waals surface area contributed by atoms with Crippen molar-refractivity contribution < 1.29 is 9.53 Å². The second kappa shape index (κ2) is 4.42. The van der Waals surface area contributed by atoms with E-state index in [4.69, 9.17) is 10.00 Å². The molecule has 1 atom stereocenters. The Labute approximate surface area is 81.9 Å². The number of carbonyl (C=O) groups excluding carboxylic acids is 1. The van der Waals surface area contributed by atoms with Gasteiger partial charge in [-0.15, -0.1) is 0 Å². The molecule has 0 aliphatic rings. The maximum atomic E-state index is 11.4. The summed E-state index contributed by atoms with van der Waals surface area (Å²) in [6.45, 7) is 3.70. The first-order chi connectivity index (χ1) is 6.70. The van der Waals surface area contributed by atoms with E-state index in [1.54, 1.807) is 13.8 Å². The number of nitriles is 1. The average molecular weight is 193 g/mol. The maximum absolute atomic E-state index is 11.4. The van der Waals surface area contributed by atoms with Gasteiger partial charge in [0, 0.05) is 6.20 Å². The van der Waals surface area contributed by atoms with E-state index in [1.165, 1.54) is 16.9 Å². The molecule has 0 aromatic carbocycles. The van der Waals surface area contributed by atoms with Crippen LogP contribution >= 0.6 is 0 Å². The highest BCUT2D eigenvalue weighted by atomic mass is 16.5. The number of hydrogen-bond acceptors (Lipinski definition) is 4. The van der Waals surface area contributed by atoms with Gasteiger partial charge in [-0.1, -0.05) is 0 Å². The van der Waals surface area contributed by atoms with Gasteiger partial charge in [-0.05, 0) is 19.9 Å². The summed E-state index contributed by atoms with van der Waals surface area (Å²) in [6, 6.07) is 3.06. The van der Waals surface area contributed by atoms with E-state index >= 15 is 0 Å². The quantitative estimate of drug-likeness (QED) is 0.675. The Morgan fingerprint density at radius 1 is 1.86 bits per heavy atom. The van der Waals surface area contributed by atoms with Crippen molar-refractivity contribution in [2.24, 2.45) is 0 Å². The molecule has 0 N–H and O–H groups in total. The van der Waals surface area contributed by atoms with Gasteiger partial charge in [0.05, 0.1) is 12.7 Å². The van der Waals surface area contributed by atoms with Crippen LogP contribution < -0.4 is 0 Å². The fourth-order valence-electron chi connectivity index (χ4n) is 1.04. The van der Waals surface area contributed by atoms with E-state index < -0.39 is 12.0 Å². The van der Waals surface area contributed by atoms with Crippen LogP contribution in [0.25, 0.3) is 0 Å². The molecule has 0 fully saturated rings. The minimum atomic E-state index is -0.468. The molecule has 0 radical (unpaired) electrons. The topological polar surface area (TPSA) is 67.9 Å². The molecule has 1 heterocycles. The van der Waals surface area contributed by atoms with Crippen molar-refractivity contribution in [1.29, 1.82) is 5.26 Å². The number of aromatic nitrogens is 2. The summed E-state index contributed by atoms with van der Waals surface area (Å²) >= 11 is 0. The molecule has 0 spiro atoms. The summed E-state index contributed by atoms with van der Waals surface area (Å²) in [5.41, 5.74) is 0.306. The molecule has 5 nitrogen and oxygen atoms in total. The largest absolute Gasteiger partial charge is 0.461 e. The predicted molar refractivity (Wildman–Crippen MR) is 48.5 cm³/mol. The van der Waals surface area contributed by atoms with Crippen LogP contribution in [0.15, 0.2) is 12.3 Å². The zero-order valence-corrected chi connectivity index (χ0v) is 8.10. The average Bonchev–Trinajstić information content (AvgIpc) is 2.65. The van der Waals surface area contributed by atoms with Crippen LogP contribution in [-0.4, -0.2) is 22.4 Å². The first kappa shape index (κ1) is 10.3. The van der Waals surface area contributed by atoms with Gasteiger partial charge >= 0.3 is 5.97 Å². The Morgan fingerprint density at radius 3 is 3.14 bits per heavy atom. The number of carbonyl (C=O) groups is 1. The predicted octanol–water partition coefficient (Wildman–Crippen LogP) is 1.14. The third kappa shape index (κ3) is 1.91. The SMILES string of the molecule is CCOC(=O)c1ccnn1C(C)C#N. The minimum absolute atomic E-state index is 0.306. The molecule has 1 unspecified atom stereocenters. The first-order valence-corrected chi connectivity index (χ1v) is 4.31. The van der Waals surface area contributed by atoms with Gasteiger partial charge < -0.3 is 4.74 Å². The van der Waals surface area contributed by atoms with E-state index in [9.17, 15) is 4.79 Å². The summed E-state index contributed by atoms with van der Waals surface area (Å²) in [7, 11) is 0.